The first-order valence-corrected chi connectivity index (χ1v) is 11.7. The van der Waals surface area contributed by atoms with Crippen LogP contribution in [-0.4, -0.2) is 11.3 Å². The Morgan fingerprint density at radius 2 is 1.42 bits per heavy atom. The first-order chi connectivity index (χ1) is 18.2. The fourth-order valence-corrected chi connectivity index (χ4v) is 4.89. The maximum atomic E-state index is 15.7. The van der Waals surface area contributed by atoms with Crippen molar-refractivity contribution in [2.45, 2.75) is 24.3 Å². The molecule has 1 N–H and O–H groups in total. The van der Waals surface area contributed by atoms with E-state index in [1.54, 1.807) is 60.7 Å². The second kappa shape index (κ2) is 9.89. The van der Waals surface area contributed by atoms with Crippen LogP contribution < -0.4 is 5.32 Å². The minimum Gasteiger partial charge on any atom is -0.350 e. The molecule has 4 aromatic rings. The molecule has 1 aliphatic rings. The van der Waals surface area contributed by atoms with Crippen molar-refractivity contribution < 1.29 is 26.3 Å². The molecule has 0 fully saturated rings. The number of hydrogen-bond donors (Lipinski definition) is 1. The zero-order chi connectivity index (χ0) is 26.9. The Morgan fingerprint density at radius 3 is 2.11 bits per heavy atom. The summed E-state index contributed by atoms with van der Waals surface area (Å²) in [4.78, 5) is 0. The second-order valence-electron chi connectivity index (χ2n) is 8.92. The molecule has 0 aliphatic carbocycles. The minimum absolute atomic E-state index is 0.155. The third-order valence-electron chi connectivity index (χ3n) is 6.57. The highest BCUT2D eigenvalue weighted by atomic mass is 19.4. The summed E-state index contributed by atoms with van der Waals surface area (Å²) < 4.78 is 86.9. The van der Waals surface area contributed by atoms with Gasteiger partial charge in [-0.2, -0.15) is 18.3 Å². The van der Waals surface area contributed by atoms with E-state index < -0.39 is 40.9 Å². The maximum absolute atomic E-state index is 15.7. The monoisotopic (exact) mass is 525 g/mol. The highest BCUT2D eigenvalue weighted by molar-refractivity contribution is 5.59. The summed E-state index contributed by atoms with van der Waals surface area (Å²) >= 11 is 0. The van der Waals surface area contributed by atoms with Crippen LogP contribution in [0, 0.1) is 17.5 Å². The van der Waals surface area contributed by atoms with Crippen molar-refractivity contribution in [1.82, 2.24) is 10.3 Å². The smallest absolute Gasteiger partial charge is 0.350 e. The Balaban J connectivity index is 1.86. The van der Waals surface area contributed by atoms with E-state index in [1.807, 2.05) is 0 Å². The Bertz CT molecular complexity index is 1460. The summed E-state index contributed by atoms with van der Waals surface area (Å²) in [7, 11) is 0. The molecule has 0 aromatic heterocycles. The average molecular weight is 525 g/mol. The van der Waals surface area contributed by atoms with Crippen LogP contribution in [0.15, 0.2) is 102 Å². The summed E-state index contributed by atoms with van der Waals surface area (Å²) in [6.45, 7) is 0. The number of nitrogens with zero attached hydrogens (tertiary/aromatic N) is 2. The van der Waals surface area contributed by atoms with Crippen molar-refractivity contribution in [3.05, 3.63) is 142 Å². The van der Waals surface area contributed by atoms with Gasteiger partial charge in [-0.05, 0) is 41.0 Å². The zero-order valence-corrected chi connectivity index (χ0v) is 19.8. The molecule has 1 aliphatic heterocycles. The van der Waals surface area contributed by atoms with Gasteiger partial charge < -0.3 is 5.32 Å². The topological polar surface area (TPSA) is 27.6 Å². The van der Waals surface area contributed by atoms with Gasteiger partial charge >= 0.3 is 6.18 Å². The highest BCUT2D eigenvalue weighted by Crippen LogP contribution is 2.47. The van der Waals surface area contributed by atoms with Gasteiger partial charge in [0.1, 0.15) is 23.9 Å². The van der Waals surface area contributed by atoms with Gasteiger partial charge in [0, 0.05) is 12.0 Å². The van der Waals surface area contributed by atoms with Gasteiger partial charge in [0.2, 0.25) is 0 Å². The summed E-state index contributed by atoms with van der Waals surface area (Å²) in [5.41, 5.74) is -2.44. The molecule has 0 amide bonds. The fraction of sp³-hybridized carbons (Fsp3) is 0.138. The van der Waals surface area contributed by atoms with E-state index in [9.17, 15) is 22.0 Å². The summed E-state index contributed by atoms with van der Waals surface area (Å²) in [6, 6.07) is 23.0. The van der Waals surface area contributed by atoms with Gasteiger partial charge in [0.25, 0.3) is 0 Å². The van der Waals surface area contributed by atoms with Gasteiger partial charge in [-0.15, -0.1) is 0 Å². The summed E-state index contributed by atoms with van der Waals surface area (Å²) in [6.07, 6.45) is -4.50. The number of halogens is 6. The molecule has 0 saturated heterocycles. The van der Waals surface area contributed by atoms with Gasteiger partial charge in [-0.3, -0.25) is 5.01 Å². The Hall–Kier alpha value is -4.27. The average Bonchev–Trinajstić information content (AvgIpc) is 3.40. The van der Waals surface area contributed by atoms with Gasteiger partial charge in [0.15, 0.2) is 11.6 Å². The van der Waals surface area contributed by atoms with Crippen molar-refractivity contribution in [2.75, 3.05) is 0 Å². The van der Waals surface area contributed by atoms with Crippen molar-refractivity contribution in [3.8, 4) is 0 Å². The van der Waals surface area contributed by atoms with Gasteiger partial charge in [-0.1, -0.05) is 72.8 Å². The lowest BCUT2D eigenvalue weighted by molar-refractivity contribution is -0.137. The number of hydrazone groups is 1. The molecule has 0 saturated carbocycles. The number of hydrogen-bond acceptors (Lipinski definition) is 3. The molecule has 2 unspecified atom stereocenters. The van der Waals surface area contributed by atoms with E-state index in [1.165, 1.54) is 23.5 Å². The Labute approximate surface area is 215 Å². The third kappa shape index (κ3) is 4.60. The van der Waals surface area contributed by atoms with Crippen molar-refractivity contribution in [2.24, 2.45) is 5.10 Å². The largest absolute Gasteiger partial charge is 0.416 e. The molecule has 3 nitrogen and oxygen atoms in total. The van der Waals surface area contributed by atoms with Crippen LogP contribution in [0.25, 0.3) is 0 Å². The predicted octanol–water partition coefficient (Wildman–Crippen LogP) is 7.16. The molecule has 38 heavy (non-hydrogen) atoms. The molecule has 0 spiro atoms. The lowest BCUT2D eigenvalue weighted by Crippen LogP contribution is -2.49. The molecule has 0 bridgehead atoms. The van der Waals surface area contributed by atoms with E-state index in [2.05, 4.69) is 10.4 Å². The Morgan fingerprint density at radius 1 is 0.763 bits per heavy atom. The minimum atomic E-state index is -4.89. The van der Waals surface area contributed by atoms with Crippen LogP contribution in [0.2, 0.25) is 0 Å². The molecule has 1 heterocycles. The standard InChI is InChI=1S/C29H21F6N3/c30-23-15-21(14-22(16-23)29(33,34)35)28(17-19-8-3-1-4-9-19,24-12-7-13-25(31)26(24)32)38-27(36-18-37-38)20-10-5-2-6-11-20/h1-16,18,27H,17H2,(H,36,37). The normalized spacial score (nSPS) is 16.8. The molecule has 194 valence electrons. The van der Waals surface area contributed by atoms with Crippen LogP contribution in [-0.2, 0) is 18.1 Å². The zero-order valence-electron chi connectivity index (χ0n) is 19.8. The quantitative estimate of drug-likeness (QED) is 0.271. The van der Waals surface area contributed by atoms with Crippen LogP contribution in [0.4, 0.5) is 26.3 Å². The maximum Gasteiger partial charge on any atom is 0.416 e. The second-order valence-corrected chi connectivity index (χ2v) is 8.92. The number of nitrogens with one attached hydrogen (secondary N) is 1. The number of alkyl halides is 3. The van der Waals surface area contributed by atoms with Crippen LogP contribution in [0.1, 0.15) is 34.0 Å². The lowest BCUT2D eigenvalue weighted by atomic mass is 9.76. The van der Waals surface area contributed by atoms with E-state index in [-0.39, 0.29) is 17.5 Å². The number of benzene rings is 4. The first kappa shape index (κ1) is 25.4. The predicted molar refractivity (Wildman–Crippen MR) is 131 cm³/mol. The fourth-order valence-electron chi connectivity index (χ4n) is 4.89. The molecule has 2 atom stereocenters. The van der Waals surface area contributed by atoms with Gasteiger partial charge in [-0.25, -0.2) is 13.2 Å². The summed E-state index contributed by atoms with van der Waals surface area (Å²) in [5, 5.41) is 8.84. The van der Waals surface area contributed by atoms with Gasteiger partial charge in [0.05, 0.1) is 5.56 Å². The van der Waals surface area contributed by atoms with E-state index in [0.29, 0.717) is 17.2 Å². The summed E-state index contributed by atoms with van der Waals surface area (Å²) in [5.74, 6) is -3.63. The van der Waals surface area contributed by atoms with Crippen molar-refractivity contribution in [1.29, 1.82) is 0 Å². The molecule has 5 rings (SSSR count). The van der Waals surface area contributed by atoms with E-state index in [4.69, 9.17) is 0 Å². The first-order valence-electron chi connectivity index (χ1n) is 11.7. The molecule has 4 aromatic carbocycles. The SMILES string of the molecule is Fc1cc(C(F)(F)F)cc(C(Cc2ccccc2)(c2cccc(F)c2F)N2N=CNC2c2ccccc2)c1. The third-order valence-corrected chi connectivity index (χ3v) is 6.57. The molecule has 9 heteroatoms. The Kier molecular flexibility index (Phi) is 6.60. The van der Waals surface area contributed by atoms with Crippen LogP contribution in [0.3, 0.4) is 0 Å². The molecule has 0 radical (unpaired) electrons. The lowest BCUT2D eigenvalue weighted by Gasteiger charge is -2.45. The highest BCUT2D eigenvalue weighted by Gasteiger charge is 2.48. The van der Waals surface area contributed by atoms with Crippen molar-refractivity contribution in [3.63, 3.8) is 0 Å². The van der Waals surface area contributed by atoms with E-state index in [0.717, 1.165) is 18.2 Å². The van der Waals surface area contributed by atoms with Crippen LogP contribution >= 0.6 is 0 Å². The van der Waals surface area contributed by atoms with E-state index >= 15 is 4.39 Å². The molecular weight excluding hydrogens is 504 g/mol. The van der Waals surface area contributed by atoms with Crippen LogP contribution in [0.5, 0.6) is 0 Å². The van der Waals surface area contributed by atoms with Crippen molar-refractivity contribution >= 4 is 6.34 Å². The number of rotatable bonds is 6. The molecular formula is C29H21F6N3.